The van der Waals surface area contributed by atoms with Crippen molar-refractivity contribution in [1.29, 1.82) is 0 Å². The van der Waals surface area contributed by atoms with Gasteiger partial charge in [0.05, 0.1) is 17.0 Å². The summed E-state index contributed by atoms with van der Waals surface area (Å²) in [5.41, 5.74) is 7.58. The Hall–Kier alpha value is -2.90. The molecule has 0 bridgehead atoms. The van der Waals surface area contributed by atoms with E-state index >= 15 is 0 Å². The second kappa shape index (κ2) is 7.50. The van der Waals surface area contributed by atoms with Gasteiger partial charge < -0.3 is 10.6 Å². The molecule has 6 nitrogen and oxygen atoms in total. The number of benzene rings is 1. The lowest BCUT2D eigenvalue weighted by Gasteiger charge is -2.32. The third kappa shape index (κ3) is 3.83. The molecule has 1 aromatic heterocycles. The van der Waals surface area contributed by atoms with E-state index in [-0.39, 0.29) is 29.9 Å². The Balaban J connectivity index is 1.62. The van der Waals surface area contributed by atoms with Crippen molar-refractivity contribution in [2.45, 2.75) is 38.5 Å². The van der Waals surface area contributed by atoms with Crippen LogP contribution in [0.1, 0.15) is 52.5 Å². The number of hydrogen-bond donors (Lipinski definition) is 1. The molecule has 2 aromatic rings. The first-order chi connectivity index (χ1) is 13.8. The van der Waals surface area contributed by atoms with Crippen LogP contribution in [0.15, 0.2) is 18.2 Å². The maximum absolute atomic E-state index is 13.6. The largest absolute Gasteiger partial charge is 0.369 e. The number of amides is 1. The van der Waals surface area contributed by atoms with Gasteiger partial charge in [-0.1, -0.05) is 0 Å². The predicted octanol–water partition coefficient (Wildman–Crippen LogP) is 2.68. The minimum atomic E-state index is -0.657. The van der Waals surface area contributed by atoms with Gasteiger partial charge in [0.15, 0.2) is 5.78 Å². The Kier molecular flexibility index (Phi) is 5.02. The Morgan fingerprint density at radius 1 is 1.10 bits per heavy atom. The molecule has 1 fully saturated rings. The topological polar surface area (TPSA) is 89.2 Å². The molecule has 2 aliphatic rings. The zero-order chi connectivity index (χ0) is 20.7. The number of rotatable bonds is 3. The molecule has 2 N–H and O–H groups in total. The number of Topliss-reactive ketones (excluding diaryl/α,β-unsaturated/α-hetero) is 1. The van der Waals surface area contributed by atoms with Crippen molar-refractivity contribution in [3.05, 3.63) is 52.3 Å². The molecule has 1 amide bonds. The van der Waals surface area contributed by atoms with E-state index in [1.807, 2.05) is 4.90 Å². The summed E-state index contributed by atoms with van der Waals surface area (Å²) in [4.78, 5) is 35.2. The summed E-state index contributed by atoms with van der Waals surface area (Å²) < 4.78 is 27.3. The smallest absolute Gasteiger partial charge is 0.225 e. The molecule has 1 aliphatic heterocycles. The molecule has 0 radical (unpaired) electrons. The minimum Gasteiger partial charge on any atom is -0.369 e. The van der Waals surface area contributed by atoms with Crippen molar-refractivity contribution in [2.24, 2.45) is 11.7 Å². The van der Waals surface area contributed by atoms with Gasteiger partial charge in [-0.15, -0.1) is 0 Å². The SMILES string of the molecule is Cc1nc(N2CCC(C(N)=O)CC2)nc2c1C(=O)CC(c1cc(F)cc(F)c1)C2. The maximum Gasteiger partial charge on any atom is 0.225 e. The molecular formula is C21H22F2N4O2. The number of hydrogen-bond acceptors (Lipinski definition) is 5. The summed E-state index contributed by atoms with van der Waals surface area (Å²) in [7, 11) is 0. The van der Waals surface area contributed by atoms with Crippen molar-refractivity contribution in [2.75, 3.05) is 18.0 Å². The van der Waals surface area contributed by atoms with Gasteiger partial charge in [0.2, 0.25) is 11.9 Å². The van der Waals surface area contributed by atoms with Crippen LogP contribution in [0.4, 0.5) is 14.7 Å². The van der Waals surface area contributed by atoms with Gasteiger partial charge in [-0.05, 0) is 49.8 Å². The molecule has 4 rings (SSSR count). The number of piperidine rings is 1. The number of anilines is 1. The molecule has 1 aliphatic carbocycles. The summed E-state index contributed by atoms with van der Waals surface area (Å²) in [6, 6.07) is 3.37. The van der Waals surface area contributed by atoms with E-state index in [1.54, 1.807) is 6.92 Å². The third-order valence-electron chi connectivity index (χ3n) is 5.84. The molecule has 0 saturated carbocycles. The van der Waals surface area contributed by atoms with Crippen LogP contribution in [-0.4, -0.2) is 34.7 Å². The number of carbonyl (C=O) groups excluding carboxylic acids is 2. The highest BCUT2D eigenvalue weighted by Gasteiger charge is 2.32. The predicted molar refractivity (Wildman–Crippen MR) is 103 cm³/mol. The Morgan fingerprint density at radius 3 is 2.38 bits per heavy atom. The van der Waals surface area contributed by atoms with Crippen LogP contribution in [0, 0.1) is 24.5 Å². The summed E-state index contributed by atoms with van der Waals surface area (Å²) in [6.07, 6.45) is 1.86. The number of fused-ring (bicyclic) bond motifs is 1. The highest BCUT2D eigenvalue weighted by atomic mass is 19.1. The normalized spacial score (nSPS) is 19.9. The van der Waals surface area contributed by atoms with Crippen LogP contribution >= 0.6 is 0 Å². The number of primary amides is 1. The van der Waals surface area contributed by atoms with Gasteiger partial charge in [0, 0.05) is 31.5 Å². The third-order valence-corrected chi connectivity index (χ3v) is 5.84. The Bertz CT molecular complexity index is 967. The second-order valence-electron chi connectivity index (χ2n) is 7.83. The monoisotopic (exact) mass is 400 g/mol. The molecule has 152 valence electrons. The molecule has 1 unspecified atom stereocenters. The zero-order valence-electron chi connectivity index (χ0n) is 16.1. The van der Waals surface area contributed by atoms with Crippen molar-refractivity contribution in [3.8, 4) is 0 Å². The fourth-order valence-corrected chi connectivity index (χ4v) is 4.31. The number of nitrogens with zero attached hydrogens (tertiary/aromatic N) is 3. The number of aromatic nitrogens is 2. The fourth-order valence-electron chi connectivity index (χ4n) is 4.31. The van der Waals surface area contributed by atoms with Crippen LogP contribution in [0.2, 0.25) is 0 Å². The number of carbonyl (C=O) groups is 2. The van der Waals surface area contributed by atoms with Crippen LogP contribution in [0.5, 0.6) is 0 Å². The first-order valence-corrected chi connectivity index (χ1v) is 9.72. The van der Waals surface area contributed by atoms with Crippen LogP contribution in [0.25, 0.3) is 0 Å². The van der Waals surface area contributed by atoms with Crippen LogP contribution in [-0.2, 0) is 11.2 Å². The molecule has 8 heteroatoms. The lowest BCUT2D eigenvalue weighted by Crippen LogP contribution is -2.39. The first kappa shape index (κ1) is 19.4. The summed E-state index contributed by atoms with van der Waals surface area (Å²) in [6.45, 7) is 3.00. The van der Waals surface area contributed by atoms with E-state index < -0.39 is 11.6 Å². The van der Waals surface area contributed by atoms with Gasteiger partial charge >= 0.3 is 0 Å². The van der Waals surface area contributed by atoms with Crippen molar-refractivity contribution < 1.29 is 18.4 Å². The number of halogens is 2. The lowest BCUT2D eigenvalue weighted by atomic mass is 9.81. The van der Waals surface area contributed by atoms with Gasteiger partial charge in [-0.25, -0.2) is 18.7 Å². The minimum absolute atomic E-state index is 0.114. The van der Waals surface area contributed by atoms with Gasteiger partial charge in [-0.3, -0.25) is 9.59 Å². The van der Waals surface area contributed by atoms with Crippen molar-refractivity contribution in [3.63, 3.8) is 0 Å². The highest BCUT2D eigenvalue weighted by Crippen LogP contribution is 2.34. The molecule has 0 spiro atoms. The summed E-state index contributed by atoms with van der Waals surface area (Å²) in [5, 5.41) is 0. The average Bonchev–Trinajstić information content (AvgIpc) is 2.66. The quantitative estimate of drug-likeness (QED) is 0.856. The van der Waals surface area contributed by atoms with E-state index in [9.17, 15) is 18.4 Å². The van der Waals surface area contributed by atoms with E-state index in [1.165, 1.54) is 12.1 Å². The lowest BCUT2D eigenvalue weighted by molar-refractivity contribution is -0.122. The number of aryl methyl sites for hydroxylation is 1. The molecule has 1 saturated heterocycles. The van der Waals surface area contributed by atoms with Crippen LogP contribution < -0.4 is 10.6 Å². The summed E-state index contributed by atoms with van der Waals surface area (Å²) >= 11 is 0. The zero-order valence-corrected chi connectivity index (χ0v) is 16.1. The van der Waals surface area contributed by atoms with E-state index in [0.29, 0.717) is 60.8 Å². The van der Waals surface area contributed by atoms with E-state index in [0.717, 1.165) is 6.07 Å². The number of nitrogens with two attached hydrogens (primary N) is 1. The van der Waals surface area contributed by atoms with Gasteiger partial charge in [0.25, 0.3) is 0 Å². The van der Waals surface area contributed by atoms with E-state index in [4.69, 9.17) is 5.73 Å². The fraction of sp³-hybridized carbons (Fsp3) is 0.429. The average molecular weight is 400 g/mol. The van der Waals surface area contributed by atoms with Crippen molar-refractivity contribution >= 4 is 17.6 Å². The first-order valence-electron chi connectivity index (χ1n) is 9.72. The standard InChI is InChI=1S/C21H22F2N4O2/c1-11-19-17(26-21(25-11)27-4-2-12(3-5-27)20(24)29)8-14(9-18(19)28)13-6-15(22)10-16(23)7-13/h6-7,10,12,14H,2-5,8-9H2,1H3,(H2,24,29). The molecule has 29 heavy (non-hydrogen) atoms. The Labute approximate surface area is 167 Å². The molecule has 1 atom stereocenters. The molecular weight excluding hydrogens is 378 g/mol. The number of ketones is 1. The second-order valence-corrected chi connectivity index (χ2v) is 7.83. The van der Waals surface area contributed by atoms with Crippen LogP contribution in [0.3, 0.4) is 0 Å². The summed E-state index contributed by atoms with van der Waals surface area (Å²) in [5.74, 6) is -1.67. The molecule has 1 aromatic carbocycles. The highest BCUT2D eigenvalue weighted by molar-refractivity contribution is 5.99. The van der Waals surface area contributed by atoms with E-state index in [2.05, 4.69) is 9.97 Å². The van der Waals surface area contributed by atoms with Gasteiger partial charge in [-0.2, -0.15) is 0 Å². The maximum atomic E-state index is 13.6. The van der Waals surface area contributed by atoms with Gasteiger partial charge in [0.1, 0.15) is 11.6 Å². The Morgan fingerprint density at radius 2 is 1.76 bits per heavy atom. The molecule has 2 heterocycles. The van der Waals surface area contributed by atoms with Crippen molar-refractivity contribution in [1.82, 2.24) is 9.97 Å².